The topological polar surface area (TPSA) is 108 Å². The number of esters is 1. The predicted octanol–water partition coefficient (Wildman–Crippen LogP) is 3.79. The van der Waals surface area contributed by atoms with Crippen molar-refractivity contribution in [2.45, 2.75) is 6.61 Å². The van der Waals surface area contributed by atoms with Gasteiger partial charge in [-0.1, -0.05) is 16.8 Å². The van der Waals surface area contributed by atoms with Gasteiger partial charge in [-0.3, -0.25) is 10.1 Å². The number of benzene rings is 2. The molecule has 10 heteroatoms. The Hall–Kier alpha value is -3.33. The zero-order valence-corrected chi connectivity index (χ0v) is 13.6. The summed E-state index contributed by atoms with van der Waals surface area (Å²) in [5.74, 6) is -1.21. The summed E-state index contributed by atoms with van der Waals surface area (Å²) in [6, 6.07) is 8.95. The Morgan fingerprint density at radius 3 is 2.69 bits per heavy atom. The van der Waals surface area contributed by atoms with Crippen LogP contribution in [0.2, 0.25) is 5.02 Å². The van der Waals surface area contributed by atoms with Gasteiger partial charge in [0.25, 0.3) is 11.6 Å². The minimum atomic E-state index is -0.958. The molecule has 0 unspecified atom stereocenters. The highest BCUT2D eigenvalue weighted by molar-refractivity contribution is 6.31. The van der Waals surface area contributed by atoms with E-state index >= 15 is 0 Å². The van der Waals surface area contributed by atoms with Crippen molar-refractivity contribution in [2.24, 2.45) is 0 Å². The molecule has 0 fully saturated rings. The van der Waals surface area contributed by atoms with E-state index in [0.717, 1.165) is 12.1 Å². The number of nitro benzene ring substituents is 1. The third-order valence-electron chi connectivity index (χ3n) is 3.27. The van der Waals surface area contributed by atoms with Gasteiger partial charge in [0.15, 0.2) is 6.61 Å². The molecule has 3 rings (SSSR count). The van der Waals surface area contributed by atoms with Crippen LogP contribution in [0.5, 0.6) is 0 Å². The lowest BCUT2D eigenvalue weighted by atomic mass is 10.2. The molecule has 0 radical (unpaired) electrons. The Morgan fingerprint density at radius 1 is 1.27 bits per heavy atom. The number of carbonyl (C=O) groups is 1. The van der Waals surface area contributed by atoms with E-state index in [4.69, 9.17) is 20.9 Å². The number of rotatable bonds is 5. The van der Waals surface area contributed by atoms with E-state index in [9.17, 15) is 19.3 Å². The number of ether oxygens (including phenoxy) is 1. The van der Waals surface area contributed by atoms with Crippen molar-refractivity contribution in [3.8, 4) is 11.4 Å². The van der Waals surface area contributed by atoms with Crippen LogP contribution >= 0.6 is 11.6 Å². The molecule has 0 aliphatic carbocycles. The second kappa shape index (κ2) is 7.28. The van der Waals surface area contributed by atoms with E-state index in [0.29, 0.717) is 5.56 Å². The van der Waals surface area contributed by atoms with Gasteiger partial charge in [-0.25, -0.2) is 9.18 Å². The van der Waals surface area contributed by atoms with Gasteiger partial charge in [-0.05, 0) is 36.4 Å². The molecule has 0 aliphatic rings. The third-order valence-corrected chi connectivity index (χ3v) is 3.51. The monoisotopic (exact) mass is 377 g/mol. The Morgan fingerprint density at radius 2 is 2.00 bits per heavy atom. The lowest BCUT2D eigenvalue weighted by molar-refractivity contribution is -0.385. The summed E-state index contributed by atoms with van der Waals surface area (Å²) >= 11 is 5.77. The molecule has 0 saturated carbocycles. The molecule has 0 saturated heterocycles. The van der Waals surface area contributed by atoms with Crippen LogP contribution in [-0.4, -0.2) is 21.0 Å². The first-order valence-electron chi connectivity index (χ1n) is 7.13. The third kappa shape index (κ3) is 3.83. The molecule has 132 valence electrons. The van der Waals surface area contributed by atoms with Crippen molar-refractivity contribution in [1.29, 1.82) is 0 Å². The highest BCUT2D eigenvalue weighted by Crippen LogP contribution is 2.24. The van der Waals surface area contributed by atoms with E-state index in [2.05, 4.69) is 10.1 Å². The molecule has 26 heavy (non-hydrogen) atoms. The average Bonchev–Trinajstić information content (AvgIpc) is 3.09. The molecule has 0 aliphatic heterocycles. The molecular weight excluding hydrogens is 369 g/mol. The fraction of sp³-hybridized carbons (Fsp3) is 0.0625. The summed E-state index contributed by atoms with van der Waals surface area (Å²) in [5, 5.41) is 14.8. The summed E-state index contributed by atoms with van der Waals surface area (Å²) in [5.41, 5.74) is -0.212. The number of nitrogens with zero attached hydrogens (tertiary/aromatic N) is 3. The first-order valence-corrected chi connectivity index (χ1v) is 7.51. The van der Waals surface area contributed by atoms with Crippen LogP contribution in [0.4, 0.5) is 10.1 Å². The molecule has 0 atom stereocenters. The van der Waals surface area contributed by atoms with E-state index in [1.807, 2.05) is 0 Å². The first-order chi connectivity index (χ1) is 12.4. The van der Waals surface area contributed by atoms with Crippen LogP contribution in [0.1, 0.15) is 16.2 Å². The van der Waals surface area contributed by atoms with Crippen molar-refractivity contribution < 1.29 is 23.4 Å². The second-order valence-corrected chi connectivity index (χ2v) is 5.45. The summed E-state index contributed by atoms with van der Waals surface area (Å²) in [4.78, 5) is 26.4. The fourth-order valence-electron chi connectivity index (χ4n) is 2.07. The smallest absolute Gasteiger partial charge is 0.345 e. The van der Waals surface area contributed by atoms with Gasteiger partial charge in [0, 0.05) is 16.7 Å². The molecule has 1 aromatic heterocycles. The molecule has 0 bridgehead atoms. The maximum absolute atomic E-state index is 12.9. The molecule has 1 heterocycles. The largest absolute Gasteiger partial charge is 0.452 e. The van der Waals surface area contributed by atoms with Gasteiger partial charge in [0.2, 0.25) is 5.82 Å². The van der Waals surface area contributed by atoms with E-state index in [1.54, 1.807) is 0 Å². The highest BCUT2D eigenvalue weighted by Gasteiger charge is 2.22. The summed E-state index contributed by atoms with van der Waals surface area (Å²) in [6.45, 7) is -0.392. The van der Waals surface area contributed by atoms with Gasteiger partial charge < -0.3 is 9.26 Å². The summed E-state index contributed by atoms with van der Waals surface area (Å²) < 4.78 is 22.8. The lowest BCUT2D eigenvalue weighted by Crippen LogP contribution is -2.08. The number of carbonyl (C=O) groups excluding carboxylic acids is 1. The van der Waals surface area contributed by atoms with Gasteiger partial charge in [-0.2, -0.15) is 4.98 Å². The van der Waals surface area contributed by atoms with Crippen LogP contribution in [0.3, 0.4) is 0 Å². The molecule has 0 amide bonds. The van der Waals surface area contributed by atoms with E-state index in [-0.39, 0.29) is 22.3 Å². The van der Waals surface area contributed by atoms with Gasteiger partial charge >= 0.3 is 5.97 Å². The number of halogens is 2. The Balaban J connectivity index is 1.72. The zero-order chi connectivity index (χ0) is 18.7. The van der Waals surface area contributed by atoms with Gasteiger partial charge in [-0.15, -0.1) is 0 Å². The number of hydrogen-bond donors (Lipinski definition) is 0. The van der Waals surface area contributed by atoms with Crippen molar-refractivity contribution in [3.05, 3.63) is 74.9 Å². The van der Waals surface area contributed by atoms with Gasteiger partial charge in [0.1, 0.15) is 11.4 Å². The maximum Gasteiger partial charge on any atom is 0.345 e. The minimum absolute atomic E-state index is 0.0256. The minimum Gasteiger partial charge on any atom is -0.452 e. The predicted molar refractivity (Wildman–Crippen MR) is 86.9 cm³/mol. The number of aromatic nitrogens is 2. The summed E-state index contributed by atoms with van der Waals surface area (Å²) in [7, 11) is 0. The fourth-order valence-corrected chi connectivity index (χ4v) is 2.24. The van der Waals surface area contributed by atoms with Crippen LogP contribution < -0.4 is 0 Å². The van der Waals surface area contributed by atoms with Crippen LogP contribution in [0.25, 0.3) is 11.4 Å². The first kappa shape index (κ1) is 17.5. The molecule has 3 aromatic rings. The zero-order valence-electron chi connectivity index (χ0n) is 12.9. The van der Waals surface area contributed by atoms with E-state index < -0.39 is 29.0 Å². The van der Waals surface area contributed by atoms with Crippen molar-refractivity contribution in [1.82, 2.24) is 10.1 Å². The van der Waals surface area contributed by atoms with Crippen molar-refractivity contribution in [2.75, 3.05) is 0 Å². The van der Waals surface area contributed by atoms with Crippen LogP contribution in [0.15, 0.2) is 47.0 Å². The lowest BCUT2D eigenvalue weighted by Gasteiger charge is -2.03. The Bertz CT molecular complexity index is 974. The molecule has 0 spiro atoms. The standard InChI is InChI=1S/C16H9ClFN3O5/c17-10-3-6-13(21(23)24)12(7-10)16(22)25-8-14-19-15(20-26-14)9-1-4-11(18)5-2-9/h1-7H,8H2. The molecule has 8 nitrogen and oxygen atoms in total. The highest BCUT2D eigenvalue weighted by atomic mass is 35.5. The Labute approximate surface area is 150 Å². The SMILES string of the molecule is O=C(OCc1nc(-c2ccc(F)cc2)no1)c1cc(Cl)ccc1[N+](=O)[O-]. The van der Waals surface area contributed by atoms with Crippen LogP contribution in [0, 0.1) is 15.9 Å². The summed E-state index contributed by atoms with van der Waals surface area (Å²) in [6.07, 6.45) is 0. The van der Waals surface area contributed by atoms with Gasteiger partial charge in [0.05, 0.1) is 4.92 Å². The van der Waals surface area contributed by atoms with Crippen LogP contribution in [-0.2, 0) is 11.3 Å². The normalized spacial score (nSPS) is 10.5. The maximum atomic E-state index is 12.9. The number of hydrogen-bond acceptors (Lipinski definition) is 7. The van der Waals surface area contributed by atoms with Crippen molar-refractivity contribution in [3.63, 3.8) is 0 Å². The van der Waals surface area contributed by atoms with E-state index in [1.165, 1.54) is 30.3 Å². The second-order valence-electron chi connectivity index (χ2n) is 5.01. The number of nitro groups is 1. The van der Waals surface area contributed by atoms with Crippen molar-refractivity contribution >= 4 is 23.3 Å². The Kier molecular flexibility index (Phi) is 4.90. The quantitative estimate of drug-likeness (QED) is 0.378. The average molecular weight is 378 g/mol. The molecule has 2 aromatic carbocycles. The molecule has 0 N–H and O–H groups in total. The molecular formula is C16H9ClFN3O5.